The van der Waals surface area contributed by atoms with Crippen molar-refractivity contribution in [1.29, 1.82) is 0 Å². The monoisotopic (exact) mass is 394 g/mol. The van der Waals surface area contributed by atoms with Gasteiger partial charge < -0.3 is 4.90 Å². The molecule has 1 fully saturated rings. The van der Waals surface area contributed by atoms with Gasteiger partial charge in [-0.1, -0.05) is 59.7 Å². The first-order chi connectivity index (χ1) is 13.6. The summed E-state index contributed by atoms with van der Waals surface area (Å²) in [5.41, 5.74) is 3.86. The lowest BCUT2D eigenvalue weighted by molar-refractivity contribution is 0.0793. The smallest absolute Gasteiger partial charge is 0.253 e. The molecular formula is C26H38N2O. The number of aryl methyl sites for hydroxylation is 1. The molecule has 1 amide bonds. The number of rotatable bonds is 3. The van der Waals surface area contributed by atoms with Crippen LogP contribution in [0.4, 0.5) is 0 Å². The minimum atomic E-state index is 0.148. The summed E-state index contributed by atoms with van der Waals surface area (Å²) in [5.74, 6) is 0.183. The molecule has 158 valence electrons. The Morgan fingerprint density at radius 2 is 1.55 bits per heavy atom. The van der Waals surface area contributed by atoms with Crippen molar-refractivity contribution in [3.8, 4) is 0 Å². The van der Waals surface area contributed by atoms with Gasteiger partial charge in [-0.2, -0.15) is 0 Å². The fraction of sp³-hybridized carbons (Fsp3) is 0.538. The molecule has 0 aliphatic carbocycles. The second-order valence-electron chi connectivity index (χ2n) is 10.2. The normalized spacial score (nSPS) is 14.3. The highest BCUT2D eigenvalue weighted by atomic mass is 16.2. The molecule has 3 rings (SSSR count). The van der Waals surface area contributed by atoms with Crippen LogP contribution in [0.1, 0.15) is 82.4 Å². The maximum atomic E-state index is 12.1. The van der Waals surface area contributed by atoms with Gasteiger partial charge in [-0.25, -0.2) is 0 Å². The average molecular weight is 395 g/mol. The number of nitrogens with zero attached hydrogens (tertiary/aromatic N) is 2. The van der Waals surface area contributed by atoms with Crippen LogP contribution in [0.3, 0.4) is 0 Å². The summed E-state index contributed by atoms with van der Waals surface area (Å²) < 4.78 is 0. The van der Waals surface area contributed by atoms with Gasteiger partial charge in [0.05, 0.1) is 0 Å². The van der Waals surface area contributed by atoms with Gasteiger partial charge in [0.25, 0.3) is 5.91 Å². The standard InChI is InChI=1S/C15H21NO.C11H17N/c1-15(2,3)13-8-6-12(7-9-13)14(17)16-10-4-5-11-16;1-11(2,3)8-7-10-6-4-5-9-12-10/h6-9H,4-5,10-11H2,1-3H3;4-6,9H,7-8H2,1-3H3. The van der Waals surface area contributed by atoms with Crippen molar-refractivity contribution in [3.05, 3.63) is 65.5 Å². The van der Waals surface area contributed by atoms with Gasteiger partial charge in [0.2, 0.25) is 0 Å². The Labute approximate surface area is 177 Å². The zero-order valence-corrected chi connectivity index (χ0v) is 19.2. The van der Waals surface area contributed by atoms with Crippen molar-refractivity contribution in [3.63, 3.8) is 0 Å². The van der Waals surface area contributed by atoms with E-state index in [1.165, 1.54) is 17.7 Å². The van der Waals surface area contributed by atoms with Crippen molar-refractivity contribution in [2.75, 3.05) is 13.1 Å². The molecule has 1 aromatic heterocycles. The molecule has 0 radical (unpaired) electrons. The van der Waals surface area contributed by atoms with Crippen LogP contribution in [0.25, 0.3) is 0 Å². The van der Waals surface area contributed by atoms with Crippen LogP contribution in [-0.2, 0) is 11.8 Å². The number of hydrogen-bond donors (Lipinski definition) is 0. The molecule has 0 bridgehead atoms. The zero-order valence-electron chi connectivity index (χ0n) is 19.2. The Morgan fingerprint density at radius 3 is 2.03 bits per heavy atom. The third kappa shape index (κ3) is 8.00. The van der Waals surface area contributed by atoms with Crippen LogP contribution in [0.5, 0.6) is 0 Å². The van der Waals surface area contributed by atoms with Crippen LogP contribution in [-0.4, -0.2) is 28.9 Å². The number of likely N-dealkylation sites (tertiary alicyclic amines) is 1. The second-order valence-corrected chi connectivity index (χ2v) is 10.2. The quantitative estimate of drug-likeness (QED) is 0.614. The summed E-state index contributed by atoms with van der Waals surface area (Å²) in [6, 6.07) is 14.2. The van der Waals surface area contributed by atoms with Crippen LogP contribution < -0.4 is 0 Å². The Hall–Kier alpha value is -2.16. The molecule has 0 unspecified atom stereocenters. The molecule has 0 N–H and O–H groups in total. The van der Waals surface area contributed by atoms with E-state index in [1.54, 1.807) is 0 Å². The zero-order chi connectivity index (χ0) is 21.5. The molecule has 1 aliphatic heterocycles. The summed E-state index contributed by atoms with van der Waals surface area (Å²) in [6.45, 7) is 15.2. The summed E-state index contributed by atoms with van der Waals surface area (Å²) in [4.78, 5) is 18.4. The van der Waals surface area contributed by atoms with Gasteiger partial charge in [-0.15, -0.1) is 0 Å². The van der Waals surface area contributed by atoms with Crippen LogP contribution in [0, 0.1) is 5.41 Å². The first-order valence-corrected chi connectivity index (χ1v) is 10.9. The van der Waals surface area contributed by atoms with E-state index in [1.807, 2.05) is 35.4 Å². The Balaban J connectivity index is 0.000000221. The first-order valence-electron chi connectivity index (χ1n) is 10.9. The largest absolute Gasteiger partial charge is 0.339 e. The molecule has 1 aliphatic rings. The molecule has 3 nitrogen and oxygen atoms in total. The molecule has 0 spiro atoms. The number of amides is 1. The fourth-order valence-electron chi connectivity index (χ4n) is 3.26. The SMILES string of the molecule is CC(C)(C)CCc1ccccn1.CC(C)(C)c1ccc(C(=O)N2CCCC2)cc1. The van der Waals surface area contributed by atoms with Crippen LogP contribution in [0.2, 0.25) is 0 Å². The molecule has 3 heteroatoms. The lowest BCUT2D eigenvalue weighted by Gasteiger charge is -2.20. The fourth-order valence-corrected chi connectivity index (χ4v) is 3.26. The lowest BCUT2D eigenvalue weighted by atomic mass is 9.86. The number of carbonyl (C=O) groups is 1. The third-order valence-electron chi connectivity index (χ3n) is 5.25. The van der Waals surface area contributed by atoms with Gasteiger partial charge >= 0.3 is 0 Å². The number of benzene rings is 1. The minimum absolute atomic E-state index is 0.148. The highest BCUT2D eigenvalue weighted by Gasteiger charge is 2.20. The van der Waals surface area contributed by atoms with E-state index in [2.05, 4.69) is 64.7 Å². The van der Waals surface area contributed by atoms with Gasteiger partial charge in [-0.05, 0) is 66.3 Å². The topological polar surface area (TPSA) is 33.2 Å². The highest BCUT2D eigenvalue weighted by molar-refractivity contribution is 5.94. The summed E-state index contributed by atoms with van der Waals surface area (Å²) >= 11 is 0. The van der Waals surface area contributed by atoms with Crippen molar-refractivity contribution < 1.29 is 4.79 Å². The van der Waals surface area contributed by atoms with E-state index in [9.17, 15) is 4.79 Å². The molecule has 1 saturated heterocycles. The van der Waals surface area contributed by atoms with Crippen molar-refractivity contribution in [2.45, 2.75) is 72.6 Å². The molecule has 2 heterocycles. The molecular weight excluding hydrogens is 356 g/mol. The Bertz CT molecular complexity index is 746. The average Bonchev–Trinajstić information content (AvgIpc) is 3.21. The number of carbonyl (C=O) groups excluding carboxylic acids is 1. The third-order valence-corrected chi connectivity index (χ3v) is 5.25. The van der Waals surface area contributed by atoms with Gasteiger partial charge in [0.1, 0.15) is 0 Å². The minimum Gasteiger partial charge on any atom is -0.339 e. The van der Waals surface area contributed by atoms with E-state index < -0.39 is 0 Å². The molecule has 1 aromatic carbocycles. The second kappa shape index (κ2) is 10.0. The van der Waals surface area contributed by atoms with Crippen molar-refractivity contribution in [2.24, 2.45) is 5.41 Å². The van der Waals surface area contributed by atoms with E-state index in [0.717, 1.165) is 37.9 Å². The Morgan fingerprint density at radius 1 is 0.931 bits per heavy atom. The molecule has 0 atom stereocenters. The van der Waals surface area contributed by atoms with Crippen molar-refractivity contribution >= 4 is 5.91 Å². The van der Waals surface area contributed by atoms with Gasteiger partial charge in [-0.3, -0.25) is 9.78 Å². The molecule has 29 heavy (non-hydrogen) atoms. The van der Waals surface area contributed by atoms with Crippen LogP contribution in [0.15, 0.2) is 48.7 Å². The van der Waals surface area contributed by atoms with E-state index in [4.69, 9.17) is 0 Å². The summed E-state index contributed by atoms with van der Waals surface area (Å²) in [5, 5.41) is 0. The molecule has 0 saturated carbocycles. The number of hydrogen-bond acceptors (Lipinski definition) is 2. The summed E-state index contributed by atoms with van der Waals surface area (Å²) in [6.07, 6.45) is 6.43. The maximum Gasteiger partial charge on any atom is 0.253 e. The predicted molar refractivity (Wildman–Crippen MR) is 122 cm³/mol. The number of pyridine rings is 1. The lowest BCUT2D eigenvalue weighted by Crippen LogP contribution is -2.27. The van der Waals surface area contributed by atoms with Gasteiger partial charge in [0.15, 0.2) is 0 Å². The van der Waals surface area contributed by atoms with Crippen LogP contribution >= 0.6 is 0 Å². The number of aromatic nitrogens is 1. The van der Waals surface area contributed by atoms with E-state index in [-0.39, 0.29) is 11.3 Å². The predicted octanol–water partition coefficient (Wildman–Crippen LogP) is 6.28. The van der Waals surface area contributed by atoms with Crippen molar-refractivity contribution in [1.82, 2.24) is 9.88 Å². The maximum absolute atomic E-state index is 12.1. The van der Waals surface area contributed by atoms with Gasteiger partial charge in [0, 0.05) is 30.5 Å². The van der Waals surface area contributed by atoms with E-state index in [0.29, 0.717) is 5.41 Å². The van der Waals surface area contributed by atoms with E-state index >= 15 is 0 Å². The first kappa shape index (κ1) is 23.1. The summed E-state index contributed by atoms with van der Waals surface area (Å²) in [7, 11) is 0. The highest BCUT2D eigenvalue weighted by Crippen LogP contribution is 2.23. The molecule has 2 aromatic rings. The Kier molecular flexibility index (Phi) is 8.01.